The Labute approximate surface area is 72.8 Å². The van der Waals surface area contributed by atoms with Crippen LogP contribution in [0.15, 0.2) is 18.3 Å². The quantitative estimate of drug-likeness (QED) is 0.694. The molecule has 1 aromatic rings. The van der Waals surface area contributed by atoms with E-state index in [-0.39, 0.29) is 6.04 Å². The molecule has 3 heteroatoms. The average Bonchev–Trinajstić information content (AvgIpc) is 2.04. The van der Waals surface area contributed by atoms with Crippen LogP contribution in [-0.2, 0) is 0 Å². The molecule has 1 unspecified atom stereocenters. The number of hydrogen-bond acceptors (Lipinski definition) is 3. The molecule has 1 aromatic heterocycles. The van der Waals surface area contributed by atoms with Crippen molar-refractivity contribution in [3.05, 3.63) is 23.9 Å². The van der Waals surface area contributed by atoms with E-state index < -0.39 is 0 Å². The van der Waals surface area contributed by atoms with E-state index in [9.17, 15) is 0 Å². The van der Waals surface area contributed by atoms with Gasteiger partial charge in [-0.3, -0.25) is 0 Å². The SMILES string of the molecule is CC(C)C(N)c1ccc(N)nc1. The zero-order chi connectivity index (χ0) is 9.14. The maximum atomic E-state index is 5.91. The summed E-state index contributed by atoms with van der Waals surface area (Å²) < 4.78 is 0. The van der Waals surface area contributed by atoms with E-state index in [1.165, 1.54) is 0 Å². The Morgan fingerprint density at radius 2 is 2.00 bits per heavy atom. The van der Waals surface area contributed by atoms with E-state index in [1.54, 1.807) is 12.3 Å². The van der Waals surface area contributed by atoms with E-state index >= 15 is 0 Å². The maximum Gasteiger partial charge on any atom is 0.123 e. The van der Waals surface area contributed by atoms with Crippen LogP contribution in [0.5, 0.6) is 0 Å². The van der Waals surface area contributed by atoms with Crippen LogP contribution in [-0.4, -0.2) is 4.98 Å². The van der Waals surface area contributed by atoms with E-state index in [0.717, 1.165) is 5.56 Å². The van der Waals surface area contributed by atoms with Gasteiger partial charge in [-0.05, 0) is 17.5 Å². The molecule has 0 aliphatic heterocycles. The molecule has 3 nitrogen and oxygen atoms in total. The fourth-order valence-corrected chi connectivity index (χ4v) is 0.999. The highest BCUT2D eigenvalue weighted by molar-refractivity contribution is 5.30. The van der Waals surface area contributed by atoms with Gasteiger partial charge in [0.2, 0.25) is 0 Å². The minimum Gasteiger partial charge on any atom is -0.384 e. The van der Waals surface area contributed by atoms with Crippen LogP contribution in [0.1, 0.15) is 25.5 Å². The van der Waals surface area contributed by atoms with Gasteiger partial charge in [0, 0.05) is 12.2 Å². The van der Waals surface area contributed by atoms with Crippen molar-refractivity contribution in [3.8, 4) is 0 Å². The predicted molar refractivity (Wildman–Crippen MR) is 50.4 cm³/mol. The zero-order valence-electron chi connectivity index (χ0n) is 7.49. The number of nitrogens with two attached hydrogens (primary N) is 2. The fourth-order valence-electron chi connectivity index (χ4n) is 0.999. The monoisotopic (exact) mass is 165 g/mol. The molecule has 0 aliphatic rings. The number of aromatic nitrogens is 1. The van der Waals surface area contributed by atoms with Crippen LogP contribution in [0.3, 0.4) is 0 Å². The van der Waals surface area contributed by atoms with Gasteiger partial charge in [-0.25, -0.2) is 4.98 Å². The first-order valence-corrected chi connectivity index (χ1v) is 4.08. The molecular formula is C9H15N3. The molecule has 0 aromatic carbocycles. The fraction of sp³-hybridized carbons (Fsp3) is 0.444. The van der Waals surface area contributed by atoms with E-state index in [2.05, 4.69) is 18.8 Å². The molecule has 0 aliphatic carbocycles. The summed E-state index contributed by atoms with van der Waals surface area (Å²) in [7, 11) is 0. The Hall–Kier alpha value is -1.09. The van der Waals surface area contributed by atoms with Crippen molar-refractivity contribution in [2.45, 2.75) is 19.9 Å². The number of rotatable bonds is 2. The Balaban J connectivity index is 2.82. The lowest BCUT2D eigenvalue weighted by molar-refractivity contribution is 0.513. The van der Waals surface area contributed by atoms with Crippen LogP contribution in [0.4, 0.5) is 5.82 Å². The molecule has 0 radical (unpaired) electrons. The molecule has 4 N–H and O–H groups in total. The van der Waals surface area contributed by atoms with Crippen molar-refractivity contribution < 1.29 is 0 Å². The highest BCUT2D eigenvalue weighted by Crippen LogP contribution is 2.17. The lowest BCUT2D eigenvalue weighted by Crippen LogP contribution is -2.16. The second-order valence-electron chi connectivity index (χ2n) is 3.29. The summed E-state index contributed by atoms with van der Waals surface area (Å²) in [6, 6.07) is 3.75. The third kappa shape index (κ3) is 1.95. The Morgan fingerprint density at radius 3 is 2.42 bits per heavy atom. The number of anilines is 1. The summed E-state index contributed by atoms with van der Waals surface area (Å²) in [6.45, 7) is 4.17. The molecule has 12 heavy (non-hydrogen) atoms. The summed E-state index contributed by atoms with van der Waals surface area (Å²) in [5.41, 5.74) is 12.4. The van der Waals surface area contributed by atoms with E-state index in [1.807, 2.05) is 6.07 Å². The van der Waals surface area contributed by atoms with Gasteiger partial charge in [-0.15, -0.1) is 0 Å². The van der Waals surface area contributed by atoms with Gasteiger partial charge >= 0.3 is 0 Å². The van der Waals surface area contributed by atoms with Crippen molar-refractivity contribution in [3.63, 3.8) is 0 Å². The summed E-state index contributed by atoms with van der Waals surface area (Å²) in [5.74, 6) is 0.963. The first-order chi connectivity index (χ1) is 5.61. The predicted octanol–water partition coefficient (Wildman–Crippen LogP) is 1.32. The van der Waals surface area contributed by atoms with Gasteiger partial charge in [0.25, 0.3) is 0 Å². The van der Waals surface area contributed by atoms with Crippen LogP contribution in [0, 0.1) is 5.92 Å². The van der Waals surface area contributed by atoms with E-state index in [0.29, 0.717) is 11.7 Å². The normalized spacial score (nSPS) is 13.3. The number of nitrogens with zero attached hydrogens (tertiary/aromatic N) is 1. The van der Waals surface area contributed by atoms with Gasteiger partial charge in [0.15, 0.2) is 0 Å². The van der Waals surface area contributed by atoms with E-state index in [4.69, 9.17) is 11.5 Å². The second-order valence-corrected chi connectivity index (χ2v) is 3.29. The van der Waals surface area contributed by atoms with Crippen molar-refractivity contribution in [1.82, 2.24) is 4.98 Å². The average molecular weight is 165 g/mol. The van der Waals surface area contributed by atoms with Crippen LogP contribution < -0.4 is 11.5 Å². The molecule has 0 amide bonds. The van der Waals surface area contributed by atoms with Crippen LogP contribution in [0.25, 0.3) is 0 Å². The minimum atomic E-state index is 0.0538. The molecule has 0 fully saturated rings. The standard InChI is InChI=1S/C9H15N3/c1-6(2)9(11)7-3-4-8(10)12-5-7/h3-6,9H,11H2,1-2H3,(H2,10,12). The van der Waals surface area contributed by atoms with Gasteiger partial charge in [-0.2, -0.15) is 0 Å². The molecule has 0 spiro atoms. The number of hydrogen-bond donors (Lipinski definition) is 2. The molecular weight excluding hydrogens is 150 g/mol. The first-order valence-electron chi connectivity index (χ1n) is 4.08. The molecule has 0 bridgehead atoms. The topological polar surface area (TPSA) is 64.9 Å². The summed E-state index contributed by atoms with van der Waals surface area (Å²) in [5, 5.41) is 0. The Bertz CT molecular complexity index is 240. The van der Waals surface area contributed by atoms with Crippen molar-refractivity contribution in [2.24, 2.45) is 11.7 Å². The third-order valence-electron chi connectivity index (χ3n) is 1.91. The van der Waals surface area contributed by atoms with Gasteiger partial charge in [-0.1, -0.05) is 19.9 Å². The van der Waals surface area contributed by atoms with Crippen LogP contribution in [0.2, 0.25) is 0 Å². The molecule has 1 heterocycles. The third-order valence-corrected chi connectivity index (χ3v) is 1.91. The number of nitrogen functional groups attached to an aromatic ring is 1. The molecule has 1 rings (SSSR count). The Morgan fingerprint density at radius 1 is 1.33 bits per heavy atom. The largest absolute Gasteiger partial charge is 0.384 e. The van der Waals surface area contributed by atoms with Crippen LogP contribution >= 0.6 is 0 Å². The number of pyridine rings is 1. The summed E-state index contributed by atoms with van der Waals surface area (Å²) >= 11 is 0. The molecule has 1 atom stereocenters. The summed E-state index contributed by atoms with van der Waals surface area (Å²) in [6.07, 6.45) is 1.74. The summed E-state index contributed by atoms with van der Waals surface area (Å²) in [4.78, 5) is 3.98. The highest BCUT2D eigenvalue weighted by atomic mass is 14.8. The van der Waals surface area contributed by atoms with Gasteiger partial charge in [0.05, 0.1) is 0 Å². The second kappa shape index (κ2) is 3.54. The van der Waals surface area contributed by atoms with Crippen molar-refractivity contribution in [1.29, 1.82) is 0 Å². The zero-order valence-corrected chi connectivity index (χ0v) is 7.49. The smallest absolute Gasteiger partial charge is 0.123 e. The lowest BCUT2D eigenvalue weighted by atomic mass is 9.99. The Kier molecular flexibility index (Phi) is 2.65. The highest BCUT2D eigenvalue weighted by Gasteiger charge is 2.09. The van der Waals surface area contributed by atoms with Crippen molar-refractivity contribution >= 4 is 5.82 Å². The minimum absolute atomic E-state index is 0.0538. The first kappa shape index (κ1) is 9.00. The molecule has 66 valence electrons. The van der Waals surface area contributed by atoms with Gasteiger partial charge in [0.1, 0.15) is 5.82 Å². The van der Waals surface area contributed by atoms with Gasteiger partial charge < -0.3 is 11.5 Å². The maximum absolute atomic E-state index is 5.91. The molecule has 0 saturated carbocycles. The lowest BCUT2D eigenvalue weighted by Gasteiger charge is -2.15. The van der Waals surface area contributed by atoms with Crippen molar-refractivity contribution in [2.75, 3.05) is 5.73 Å². The molecule has 0 saturated heterocycles.